The molecule has 2 rings (SSSR count). The standard InChI is InChI=1S/C15H10Cl3NO2/c1-8-12(16)7-6-11(13(8)17)15(21)19-10-4-2-9(3-5-10)14(18)20/h2-7H,1H3,(H,19,21). The van der Waals surface area contributed by atoms with Crippen molar-refractivity contribution in [2.45, 2.75) is 6.92 Å². The monoisotopic (exact) mass is 341 g/mol. The van der Waals surface area contributed by atoms with E-state index in [-0.39, 0.29) is 5.91 Å². The van der Waals surface area contributed by atoms with E-state index >= 15 is 0 Å². The van der Waals surface area contributed by atoms with Gasteiger partial charge in [-0.15, -0.1) is 0 Å². The first-order chi connectivity index (χ1) is 9.90. The molecule has 0 unspecified atom stereocenters. The summed E-state index contributed by atoms with van der Waals surface area (Å²) in [7, 11) is 0. The summed E-state index contributed by atoms with van der Waals surface area (Å²) in [5, 5.41) is 2.95. The zero-order valence-electron chi connectivity index (χ0n) is 10.9. The van der Waals surface area contributed by atoms with E-state index in [0.29, 0.717) is 32.4 Å². The topological polar surface area (TPSA) is 46.2 Å². The van der Waals surface area contributed by atoms with Crippen molar-refractivity contribution in [3.8, 4) is 0 Å². The first-order valence-electron chi connectivity index (χ1n) is 5.96. The van der Waals surface area contributed by atoms with Gasteiger partial charge in [0.25, 0.3) is 11.1 Å². The quantitative estimate of drug-likeness (QED) is 0.804. The fourth-order valence-electron chi connectivity index (χ4n) is 1.72. The third kappa shape index (κ3) is 3.56. The van der Waals surface area contributed by atoms with Gasteiger partial charge in [-0.2, -0.15) is 0 Å². The molecule has 1 N–H and O–H groups in total. The maximum atomic E-state index is 12.2. The van der Waals surface area contributed by atoms with Crippen LogP contribution in [0.1, 0.15) is 26.3 Å². The predicted octanol–water partition coefficient (Wildman–Crippen LogP) is 4.93. The number of hydrogen-bond acceptors (Lipinski definition) is 2. The maximum Gasteiger partial charge on any atom is 0.257 e. The Balaban J connectivity index is 2.22. The number of nitrogens with one attached hydrogen (secondary N) is 1. The van der Waals surface area contributed by atoms with Crippen molar-refractivity contribution < 1.29 is 9.59 Å². The molecule has 2 aromatic carbocycles. The highest BCUT2D eigenvalue weighted by molar-refractivity contribution is 6.67. The van der Waals surface area contributed by atoms with Crippen LogP contribution in [0.5, 0.6) is 0 Å². The zero-order valence-corrected chi connectivity index (χ0v) is 13.2. The van der Waals surface area contributed by atoms with Gasteiger partial charge in [-0.05, 0) is 60.5 Å². The van der Waals surface area contributed by atoms with Crippen LogP contribution in [-0.2, 0) is 0 Å². The van der Waals surface area contributed by atoms with Crippen LogP contribution >= 0.6 is 34.8 Å². The van der Waals surface area contributed by atoms with Crippen molar-refractivity contribution in [2.24, 2.45) is 0 Å². The van der Waals surface area contributed by atoms with Crippen LogP contribution in [0.15, 0.2) is 36.4 Å². The number of benzene rings is 2. The molecule has 1 amide bonds. The van der Waals surface area contributed by atoms with E-state index in [0.717, 1.165) is 0 Å². The lowest BCUT2D eigenvalue weighted by atomic mass is 10.1. The Morgan fingerprint density at radius 2 is 1.62 bits per heavy atom. The average Bonchev–Trinajstić information content (AvgIpc) is 2.45. The fraction of sp³-hybridized carbons (Fsp3) is 0.0667. The van der Waals surface area contributed by atoms with Crippen LogP contribution in [0.25, 0.3) is 0 Å². The Bertz CT molecular complexity index is 712. The summed E-state index contributed by atoms with van der Waals surface area (Å²) in [6.45, 7) is 1.74. The molecule has 0 saturated heterocycles. The molecule has 0 fully saturated rings. The number of carbonyl (C=O) groups is 2. The Labute approximate surface area is 136 Å². The summed E-state index contributed by atoms with van der Waals surface area (Å²) in [4.78, 5) is 23.1. The number of rotatable bonds is 3. The number of anilines is 1. The number of halogens is 3. The Hall–Kier alpha value is -1.55. The summed E-state index contributed by atoms with van der Waals surface area (Å²) in [6, 6.07) is 9.41. The lowest BCUT2D eigenvalue weighted by Gasteiger charge is -2.09. The van der Waals surface area contributed by atoms with Gasteiger partial charge in [0.1, 0.15) is 0 Å². The van der Waals surface area contributed by atoms with Gasteiger partial charge in [-0.1, -0.05) is 23.2 Å². The SMILES string of the molecule is Cc1c(Cl)ccc(C(=O)Nc2ccc(C(=O)Cl)cc2)c1Cl. The fourth-order valence-corrected chi connectivity index (χ4v) is 2.30. The number of amides is 1. The van der Waals surface area contributed by atoms with E-state index in [1.807, 2.05) is 0 Å². The summed E-state index contributed by atoms with van der Waals surface area (Å²) in [6.07, 6.45) is 0. The van der Waals surface area contributed by atoms with E-state index in [1.165, 1.54) is 12.1 Å². The minimum atomic E-state index is -0.552. The number of carbonyl (C=O) groups excluding carboxylic acids is 2. The minimum absolute atomic E-state index is 0.313. The van der Waals surface area contributed by atoms with Gasteiger partial charge in [-0.3, -0.25) is 9.59 Å². The average molecular weight is 343 g/mol. The Morgan fingerprint density at radius 3 is 2.19 bits per heavy atom. The van der Waals surface area contributed by atoms with Gasteiger partial charge >= 0.3 is 0 Å². The van der Waals surface area contributed by atoms with E-state index in [9.17, 15) is 9.59 Å². The second kappa shape index (κ2) is 6.48. The predicted molar refractivity (Wildman–Crippen MR) is 85.8 cm³/mol. The van der Waals surface area contributed by atoms with E-state index < -0.39 is 5.24 Å². The third-order valence-electron chi connectivity index (χ3n) is 2.93. The van der Waals surface area contributed by atoms with Crippen molar-refractivity contribution in [1.82, 2.24) is 0 Å². The van der Waals surface area contributed by atoms with Crippen LogP contribution in [0, 0.1) is 6.92 Å². The smallest absolute Gasteiger partial charge is 0.257 e. The summed E-state index contributed by atoms with van der Waals surface area (Å²) in [5.74, 6) is -0.357. The molecule has 6 heteroatoms. The van der Waals surface area contributed by atoms with Crippen molar-refractivity contribution in [2.75, 3.05) is 5.32 Å². The molecule has 0 spiro atoms. The normalized spacial score (nSPS) is 10.3. The largest absolute Gasteiger partial charge is 0.322 e. The van der Waals surface area contributed by atoms with Crippen LogP contribution in [0.4, 0.5) is 5.69 Å². The molecular weight excluding hydrogens is 333 g/mol. The molecule has 0 atom stereocenters. The second-order valence-electron chi connectivity index (χ2n) is 4.34. The van der Waals surface area contributed by atoms with E-state index in [2.05, 4.69) is 5.32 Å². The number of hydrogen-bond donors (Lipinski definition) is 1. The molecule has 108 valence electrons. The molecule has 0 aromatic heterocycles. The first-order valence-corrected chi connectivity index (χ1v) is 7.09. The van der Waals surface area contributed by atoms with Gasteiger partial charge in [-0.25, -0.2) is 0 Å². The minimum Gasteiger partial charge on any atom is -0.322 e. The summed E-state index contributed by atoms with van der Waals surface area (Å²) in [5.41, 5.74) is 1.87. The highest BCUT2D eigenvalue weighted by Crippen LogP contribution is 2.27. The molecule has 0 heterocycles. The lowest BCUT2D eigenvalue weighted by molar-refractivity contribution is 0.102. The van der Waals surface area contributed by atoms with Gasteiger partial charge in [0.2, 0.25) is 0 Å². The van der Waals surface area contributed by atoms with Crippen molar-refractivity contribution >= 4 is 51.6 Å². The van der Waals surface area contributed by atoms with Gasteiger partial charge in [0.15, 0.2) is 0 Å². The molecule has 21 heavy (non-hydrogen) atoms. The van der Waals surface area contributed by atoms with Crippen molar-refractivity contribution in [3.63, 3.8) is 0 Å². The Kier molecular flexibility index (Phi) is 4.88. The molecule has 2 aromatic rings. The van der Waals surface area contributed by atoms with Crippen LogP contribution < -0.4 is 5.32 Å². The molecule has 0 aliphatic heterocycles. The van der Waals surface area contributed by atoms with Crippen molar-refractivity contribution in [1.29, 1.82) is 0 Å². The summed E-state index contributed by atoms with van der Waals surface area (Å²) >= 11 is 17.4. The molecule has 0 bridgehead atoms. The van der Waals surface area contributed by atoms with Gasteiger partial charge in [0, 0.05) is 16.3 Å². The molecule has 0 aliphatic carbocycles. The van der Waals surface area contributed by atoms with E-state index in [1.54, 1.807) is 31.2 Å². The summed E-state index contributed by atoms with van der Waals surface area (Å²) < 4.78 is 0. The molecule has 3 nitrogen and oxygen atoms in total. The van der Waals surface area contributed by atoms with Crippen LogP contribution in [0.2, 0.25) is 10.0 Å². The highest BCUT2D eigenvalue weighted by Gasteiger charge is 2.14. The highest BCUT2D eigenvalue weighted by atomic mass is 35.5. The second-order valence-corrected chi connectivity index (χ2v) is 5.47. The van der Waals surface area contributed by atoms with Crippen molar-refractivity contribution in [3.05, 3.63) is 63.1 Å². The first kappa shape index (κ1) is 15.8. The van der Waals surface area contributed by atoms with Gasteiger partial charge < -0.3 is 5.32 Å². The molecule has 0 aliphatic rings. The maximum absolute atomic E-state index is 12.2. The molecular formula is C15H10Cl3NO2. The van der Waals surface area contributed by atoms with Crippen LogP contribution in [-0.4, -0.2) is 11.1 Å². The van der Waals surface area contributed by atoms with E-state index in [4.69, 9.17) is 34.8 Å². The van der Waals surface area contributed by atoms with Crippen LogP contribution in [0.3, 0.4) is 0 Å². The zero-order chi connectivity index (χ0) is 15.6. The molecule has 0 radical (unpaired) electrons. The third-order valence-corrected chi connectivity index (χ3v) is 4.05. The van der Waals surface area contributed by atoms with Gasteiger partial charge in [0.05, 0.1) is 10.6 Å². The Morgan fingerprint density at radius 1 is 1.00 bits per heavy atom. The molecule has 0 saturated carbocycles. The lowest BCUT2D eigenvalue weighted by Crippen LogP contribution is -2.13.